The Kier molecular flexibility index (Phi) is 5.31. The van der Waals surface area contributed by atoms with Crippen molar-refractivity contribution in [3.8, 4) is 0 Å². The number of halogens is 1. The average molecular weight is 378 g/mol. The molecule has 2 atom stereocenters. The van der Waals surface area contributed by atoms with Gasteiger partial charge < -0.3 is 4.90 Å². The Morgan fingerprint density at radius 2 is 2.00 bits per heavy atom. The summed E-state index contributed by atoms with van der Waals surface area (Å²) in [5.74, 6) is -1.21. The van der Waals surface area contributed by atoms with Crippen LogP contribution < -0.4 is 4.72 Å². The number of benzene rings is 1. The first-order valence-electron chi connectivity index (χ1n) is 7.26. The van der Waals surface area contributed by atoms with Crippen LogP contribution in [0.4, 0.5) is 4.39 Å². The average Bonchev–Trinajstić information content (AvgIpc) is 2.95. The van der Waals surface area contributed by atoms with Crippen LogP contribution in [0.5, 0.6) is 0 Å². The second-order valence-electron chi connectivity index (χ2n) is 5.82. The van der Waals surface area contributed by atoms with Gasteiger partial charge in [-0.2, -0.15) is 4.72 Å². The van der Waals surface area contributed by atoms with Crippen LogP contribution in [0.15, 0.2) is 29.2 Å². The van der Waals surface area contributed by atoms with Gasteiger partial charge in [-0.1, -0.05) is 6.07 Å². The van der Waals surface area contributed by atoms with Gasteiger partial charge >= 0.3 is 0 Å². The third-order valence-electron chi connectivity index (χ3n) is 3.87. The second-order valence-corrected chi connectivity index (χ2v) is 9.86. The number of likely N-dealkylation sites (tertiary alicyclic amines) is 1. The van der Waals surface area contributed by atoms with Gasteiger partial charge in [0.1, 0.15) is 5.82 Å². The molecule has 24 heavy (non-hydrogen) atoms. The van der Waals surface area contributed by atoms with Gasteiger partial charge in [0.15, 0.2) is 9.84 Å². The first kappa shape index (κ1) is 18.8. The summed E-state index contributed by atoms with van der Waals surface area (Å²) in [5, 5.41) is -0.631. The molecular weight excluding hydrogens is 359 g/mol. The largest absolute Gasteiger partial charge is 0.340 e. The number of carbonyl (C=O) groups excluding carboxylic acids is 1. The van der Waals surface area contributed by atoms with Crippen molar-refractivity contribution in [2.24, 2.45) is 0 Å². The number of hydrogen-bond acceptors (Lipinski definition) is 5. The highest BCUT2D eigenvalue weighted by Gasteiger charge is 2.35. The third kappa shape index (κ3) is 4.31. The Hall–Kier alpha value is -1.52. The van der Waals surface area contributed by atoms with Crippen LogP contribution in [0.1, 0.15) is 13.3 Å². The molecule has 2 rings (SSSR count). The predicted octanol–water partition coefficient (Wildman–Crippen LogP) is 0.138. The normalized spacial score (nSPS) is 20.1. The van der Waals surface area contributed by atoms with E-state index in [1.165, 1.54) is 24.0 Å². The Bertz CT molecular complexity index is 838. The molecule has 7 nitrogen and oxygen atoms in total. The summed E-state index contributed by atoms with van der Waals surface area (Å²) in [6.07, 6.45) is 1.44. The molecule has 134 valence electrons. The van der Waals surface area contributed by atoms with E-state index in [1.807, 2.05) is 0 Å². The third-order valence-corrected chi connectivity index (χ3v) is 7.01. The van der Waals surface area contributed by atoms with Crippen LogP contribution in [-0.4, -0.2) is 58.3 Å². The van der Waals surface area contributed by atoms with E-state index in [9.17, 15) is 26.0 Å². The lowest BCUT2D eigenvalue weighted by Crippen LogP contribution is -2.46. The number of carbonyl (C=O) groups is 1. The molecule has 1 aliphatic heterocycles. The van der Waals surface area contributed by atoms with Crippen LogP contribution in [-0.2, 0) is 24.7 Å². The number of amides is 1. The van der Waals surface area contributed by atoms with Gasteiger partial charge in [-0.05, 0) is 31.5 Å². The van der Waals surface area contributed by atoms with E-state index in [-0.39, 0.29) is 18.0 Å². The molecule has 1 N–H and O–H groups in total. The summed E-state index contributed by atoms with van der Waals surface area (Å²) >= 11 is 0. The molecule has 1 saturated heterocycles. The molecular formula is C14H19FN2O5S2. The Labute approximate surface area is 140 Å². The molecule has 1 aromatic rings. The minimum absolute atomic E-state index is 0.0453. The van der Waals surface area contributed by atoms with Crippen LogP contribution in [0.25, 0.3) is 0 Å². The highest BCUT2D eigenvalue weighted by Crippen LogP contribution is 2.18. The molecule has 1 fully saturated rings. The van der Waals surface area contributed by atoms with Gasteiger partial charge in [0.05, 0.1) is 16.2 Å². The van der Waals surface area contributed by atoms with Crippen molar-refractivity contribution in [2.45, 2.75) is 29.5 Å². The van der Waals surface area contributed by atoms with Crippen molar-refractivity contribution in [2.75, 3.05) is 19.3 Å². The molecule has 0 radical (unpaired) electrons. The summed E-state index contributed by atoms with van der Waals surface area (Å²) < 4.78 is 62.8. The molecule has 0 saturated carbocycles. The molecule has 0 aliphatic carbocycles. The van der Waals surface area contributed by atoms with E-state index in [1.54, 1.807) is 0 Å². The fourth-order valence-corrected chi connectivity index (χ4v) is 4.75. The number of nitrogens with zero attached hydrogens (tertiary/aromatic N) is 1. The van der Waals surface area contributed by atoms with E-state index >= 15 is 0 Å². The van der Waals surface area contributed by atoms with Crippen LogP contribution >= 0.6 is 0 Å². The predicted molar refractivity (Wildman–Crippen MR) is 86.0 cm³/mol. The summed E-state index contributed by atoms with van der Waals surface area (Å²) in [6.45, 7) is 1.67. The van der Waals surface area contributed by atoms with Crippen molar-refractivity contribution in [1.82, 2.24) is 9.62 Å². The number of sulfonamides is 1. The minimum Gasteiger partial charge on any atom is -0.340 e. The molecule has 1 amide bonds. The number of rotatable bonds is 5. The van der Waals surface area contributed by atoms with Crippen molar-refractivity contribution in [3.63, 3.8) is 0 Å². The van der Waals surface area contributed by atoms with Crippen molar-refractivity contribution in [1.29, 1.82) is 0 Å². The molecule has 10 heteroatoms. The van der Waals surface area contributed by atoms with Gasteiger partial charge in [-0.25, -0.2) is 21.2 Å². The van der Waals surface area contributed by atoms with E-state index < -0.39 is 42.9 Å². The summed E-state index contributed by atoms with van der Waals surface area (Å²) in [7, 11) is -7.31. The maximum Gasteiger partial charge on any atom is 0.241 e. The zero-order chi connectivity index (χ0) is 18.1. The smallest absolute Gasteiger partial charge is 0.241 e. The first-order valence-corrected chi connectivity index (χ1v) is 10.7. The highest BCUT2D eigenvalue weighted by atomic mass is 32.2. The van der Waals surface area contributed by atoms with Gasteiger partial charge in [0.25, 0.3) is 0 Å². The maximum atomic E-state index is 13.2. The Balaban J connectivity index is 2.07. The van der Waals surface area contributed by atoms with Crippen molar-refractivity contribution >= 4 is 25.8 Å². The first-order chi connectivity index (χ1) is 11.0. The quantitative estimate of drug-likeness (QED) is 0.785. The zero-order valence-electron chi connectivity index (χ0n) is 13.3. The van der Waals surface area contributed by atoms with Crippen molar-refractivity contribution in [3.05, 3.63) is 30.1 Å². The Morgan fingerprint density at radius 1 is 1.33 bits per heavy atom. The molecule has 0 bridgehead atoms. The zero-order valence-corrected chi connectivity index (χ0v) is 14.9. The number of nitrogens with one attached hydrogen (secondary N) is 1. The fraction of sp³-hybridized carbons (Fsp3) is 0.500. The molecule has 1 aliphatic rings. The van der Waals surface area contributed by atoms with Crippen molar-refractivity contribution < 1.29 is 26.0 Å². The van der Waals surface area contributed by atoms with Gasteiger partial charge in [-0.15, -0.1) is 0 Å². The van der Waals surface area contributed by atoms with E-state index in [2.05, 4.69) is 4.72 Å². The summed E-state index contributed by atoms with van der Waals surface area (Å²) in [6, 6.07) is 3.36. The second kappa shape index (κ2) is 6.77. The lowest BCUT2D eigenvalue weighted by Gasteiger charge is -2.21. The standard InChI is InChI=1S/C14H19FN2O5S2/c1-10(14(18)17-7-6-13(9-17)23(2,19)20)16-24(21,22)12-5-3-4-11(15)8-12/h3-5,8,10,13,16H,6-7,9H2,1-2H3. The van der Waals surface area contributed by atoms with Crippen LogP contribution in [0.2, 0.25) is 0 Å². The number of hydrogen-bond donors (Lipinski definition) is 1. The van der Waals surface area contributed by atoms with E-state index in [4.69, 9.17) is 0 Å². The van der Waals surface area contributed by atoms with E-state index in [0.29, 0.717) is 6.42 Å². The fourth-order valence-electron chi connectivity index (χ4n) is 2.54. The topological polar surface area (TPSA) is 101 Å². The monoisotopic (exact) mass is 378 g/mol. The molecule has 1 heterocycles. The van der Waals surface area contributed by atoms with E-state index in [0.717, 1.165) is 18.4 Å². The molecule has 2 unspecified atom stereocenters. The van der Waals surface area contributed by atoms with Gasteiger partial charge in [0.2, 0.25) is 15.9 Å². The van der Waals surface area contributed by atoms with Gasteiger partial charge in [0, 0.05) is 19.3 Å². The molecule has 0 spiro atoms. The van der Waals surface area contributed by atoms with Crippen LogP contribution in [0.3, 0.4) is 0 Å². The number of sulfone groups is 1. The molecule has 0 aromatic heterocycles. The maximum absolute atomic E-state index is 13.2. The minimum atomic E-state index is -4.05. The molecule has 1 aromatic carbocycles. The summed E-state index contributed by atoms with van der Waals surface area (Å²) in [5.41, 5.74) is 0. The lowest BCUT2D eigenvalue weighted by atomic mass is 10.3. The highest BCUT2D eigenvalue weighted by molar-refractivity contribution is 7.91. The van der Waals surface area contributed by atoms with Gasteiger partial charge in [-0.3, -0.25) is 4.79 Å². The lowest BCUT2D eigenvalue weighted by molar-refractivity contribution is -0.131. The SMILES string of the molecule is CC(NS(=O)(=O)c1cccc(F)c1)C(=O)N1CCC(S(C)(=O)=O)C1. The summed E-state index contributed by atoms with van der Waals surface area (Å²) in [4.78, 5) is 13.4. The van der Waals surface area contributed by atoms with Crippen LogP contribution in [0, 0.1) is 5.82 Å². The Morgan fingerprint density at radius 3 is 2.54 bits per heavy atom.